The molecule has 0 fully saturated rings. The predicted molar refractivity (Wildman–Crippen MR) is 108 cm³/mol. The maximum Gasteiger partial charge on any atom is 0.261 e. The molecule has 2 aromatic rings. The van der Waals surface area contributed by atoms with Crippen molar-refractivity contribution in [3.05, 3.63) is 40.4 Å². The lowest BCUT2D eigenvalue weighted by molar-refractivity contribution is -0.142. The van der Waals surface area contributed by atoms with Gasteiger partial charge in [-0.25, -0.2) is 4.98 Å². The highest BCUT2D eigenvalue weighted by Crippen LogP contribution is 2.26. The van der Waals surface area contributed by atoms with Crippen LogP contribution >= 0.6 is 0 Å². The molecule has 0 aliphatic rings. The van der Waals surface area contributed by atoms with Crippen LogP contribution in [-0.2, 0) is 16.1 Å². The molecule has 1 aromatic carbocycles. The second-order valence-corrected chi connectivity index (χ2v) is 7.81. The Morgan fingerprint density at radius 1 is 1.30 bits per heavy atom. The highest BCUT2D eigenvalue weighted by molar-refractivity contribution is 5.82. The number of carbonyl (C=O) groups is 1. The Labute approximate surface area is 161 Å². The van der Waals surface area contributed by atoms with Gasteiger partial charge in [-0.1, -0.05) is 32.9 Å². The molecule has 1 atom stereocenters. The first-order chi connectivity index (χ1) is 12.7. The molecule has 0 bridgehead atoms. The Hall–Kier alpha value is -2.21. The fourth-order valence-electron chi connectivity index (χ4n) is 3.23. The maximum atomic E-state index is 13.1. The molecule has 0 aliphatic heterocycles. The van der Waals surface area contributed by atoms with Gasteiger partial charge in [0.05, 0.1) is 16.9 Å². The Morgan fingerprint density at radius 2 is 1.96 bits per heavy atom. The second-order valence-electron chi connectivity index (χ2n) is 7.81. The molecule has 1 aromatic heterocycles. The highest BCUT2D eigenvalue weighted by atomic mass is 16.5. The SMILES string of the molecule is CCn1c(C(C)N(CCCOC)C(=O)C(C)(C)C)nc2ccccc2c1=O. The lowest BCUT2D eigenvalue weighted by Gasteiger charge is -2.35. The van der Waals surface area contributed by atoms with Gasteiger partial charge in [0.25, 0.3) is 5.56 Å². The molecule has 148 valence electrons. The van der Waals surface area contributed by atoms with Crippen LogP contribution in [0.5, 0.6) is 0 Å². The minimum Gasteiger partial charge on any atom is -0.385 e. The summed E-state index contributed by atoms with van der Waals surface area (Å²) in [7, 11) is 1.65. The molecular weight excluding hydrogens is 342 g/mol. The standard InChI is InChI=1S/C21H31N3O3/c1-7-23-18(22-17-12-9-8-11-16(17)19(23)25)15(2)24(13-10-14-27-6)20(26)21(3,4)5/h8-9,11-12,15H,7,10,13-14H2,1-6H3. The van der Waals surface area contributed by atoms with Gasteiger partial charge in [-0.05, 0) is 32.4 Å². The van der Waals surface area contributed by atoms with Crippen molar-refractivity contribution in [2.75, 3.05) is 20.3 Å². The Bertz CT molecular complexity index is 852. The van der Waals surface area contributed by atoms with E-state index in [1.807, 2.05) is 57.7 Å². The topological polar surface area (TPSA) is 64.4 Å². The van der Waals surface area contributed by atoms with Crippen molar-refractivity contribution in [1.82, 2.24) is 14.5 Å². The number of hydrogen-bond acceptors (Lipinski definition) is 4. The smallest absolute Gasteiger partial charge is 0.261 e. The molecular formula is C21H31N3O3. The summed E-state index contributed by atoms with van der Waals surface area (Å²) in [4.78, 5) is 32.6. The van der Waals surface area contributed by atoms with Gasteiger partial charge in [0, 0.05) is 32.2 Å². The van der Waals surface area contributed by atoms with Crippen LogP contribution in [0.3, 0.4) is 0 Å². The number of aromatic nitrogens is 2. The van der Waals surface area contributed by atoms with Gasteiger partial charge in [-0.2, -0.15) is 0 Å². The van der Waals surface area contributed by atoms with Crippen molar-refractivity contribution in [2.24, 2.45) is 5.41 Å². The van der Waals surface area contributed by atoms with Gasteiger partial charge in [-0.15, -0.1) is 0 Å². The molecule has 1 unspecified atom stereocenters. The van der Waals surface area contributed by atoms with Crippen molar-refractivity contribution in [3.8, 4) is 0 Å². The van der Waals surface area contributed by atoms with E-state index in [0.29, 0.717) is 36.4 Å². The first kappa shape index (κ1) is 21.1. The first-order valence-electron chi connectivity index (χ1n) is 9.51. The number of para-hydroxylation sites is 1. The predicted octanol–water partition coefficient (Wildman–Crippen LogP) is 3.39. The number of methoxy groups -OCH3 is 1. The summed E-state index contributed by atoms with van der Waals surface area (Å²) in [6.07, 6.45) is 0.729. The summed E-state index contributed by atoms with van der Waals surface area (Å²) in [6.45, 7) is 11.2. The Kier molecular flexibility index (Phi) is 6.76. The average Bonchev–Trinajstić information content (AvgIpc) is 2.63. The summed E-state index contributed by atoms with van der Waals surface area (Å²) in [5.74, 6) is 0.660. The third-order valence-corrected chi connectivity index (χ3v) is 4.70. The van der Waals surface area contributed by atoms with E-state index < -0.39 is 5.41 Å². The number of amides is 1. The molecule has 1 amide bonds. The molecule has 0 saturated heterocycles. The monoisotopic (exact) mass is 373 g/mol. The zero-order valence-corrected chi connectivity index (χ0v) is 17.3. The molecule has 2 rings (SSSR count). The molecule has 0 saturated carbocycles. The van der Waals surface area contributed by atoms with Gasteiger partial charge in [0.2, 0.25) is 5.91 Å². The summed E-state index contributed by atoms with van der Waals surface area (Å²) in [5, 5.41) is 0.600. The Balaban J connectivity index is 2.54. The third kappa shape index (κ3) is 4.56. The summed E-state index contributed by atoms with van der Waals surface area (Å²) < 4.78 is 6.83. The largest absolute Gasteiger partial charge is 0.385 e. The molecule has 0 aliphatic carbocycles. The van der Waals surface area contributed by atoms with Crippen molar-refractivity contribution in [3.63, 3.8) is 0 Å². The fourth-order valence-corrected chi connectivity index (χ4v) is 3.23. The van der Waals surface area contributed by atoms with Crippen LogP contribution in [0.4, 0.5) is 0 Å². The summed E-state index contributed by atoms with van der Waals surface area (Å²) in [6, 6.07) is 7.03. The van der Waals surface area contributed by atoms with Crippen LogP contribution in [-0.4, -0.2) is 40.6 Å². The number of benzene rings is 1. The van der Waals surface area contributed by atoms with E-state index in [-0.39, 0.29) is 17.5 Å². The van der Waals surface area contributed by atoms with Crippen LogP contribution < -0.4 is 5.56 Å². The van der Waals surface area contributed by atoms with Gasteiger partial charge in [-0.3, -0.25) is 14.2 Å². The second kappa shape index (κ2) is 8.65. The van der Waals surface area contributed by atoms with Crippen molar-refractivity contribution >= 4 is 16.8 Å². The zero-order valence-electron chi connectivity index (χ0n) is 17.3. The number of hydrogen-bond donors (Lipinski definition) is 0. The van der Waals surface area contributed by atoms with Crippen molar-refractivity contribution in [2.45, 2.75) is 53.6 Å². The number of ether oxygens (including phenoxy) is 1. The van der Waals surface area contributed by atoms with Crippen molar-refractivity contribution < 1.29 is 9.53 Å². The minimum atomic E-state index is -0.518. The quantitative estimate of drug-likeness (QED) is 0.698. The van der Waals surface area contributed by atoms with Gasteiger partial charge < -0.3 is 9.64 Å². The highest BCUT2D eigenvalue weighted by Gasteiger charge is 2.32. The van der Waals surface area contributed by atoms with E-state index in [2.05, 4.69) is 0 Å². The first-order valence-corrected chi connectivity index (χ1v) is 9.51. The lowest BCUT2D eigenvalue weighted by atomic mass is 9.93. The molecule has 0 spiro atoms. The van der Waals surface area contributed by atoms with Crippen LogP contribution in [0.2, 0.25) is 0 Å². The average molecular weight is 373 g/mol. The molecule has 1 heterocycles. The third-order valence-electron chi connectivity index (χ3n) is 4.70. The van der Waals surface area contributed by atoms with Gasteiger partial charge in [0.1, 0.15) is 5.82 Å². The number of rotatable bonds is 7. The van der Waals surface area contributed by atoms with Crippen LogP contribution in [0.1, 0.15) is 52.9 Å². The number of carbonyl (C=O) groups excluding carboxylic acids is 1. The number of nitrogens with zero attached hydrogens (tertiary/aromatic N) is 3. The molecule has 27 heavy (non-hydrogen) atoms. The van der Waals surface area contributed by atoms with E-state index in [1.165, 1.54) is 0 Å². The van der Waals surface area contributed by atoms with Crippen LogP contribution in [0, 0.1) is 5.41 Å². The van der Waals surface area contributed by atoms with E-state index >= 15 is 0 Å². The molecule has 0 radical (unpaired) electrons. The van der Waals surface area contributed by atoms with Crippen LogP contribution in [0.25, 0.3) is 10.9 Å². The van der Waals surface area contributed by atoms with Gasteiger partial charge >= 0.3 is 0 Å². The lowest BCUT2D eigenvalue weighted by Crippen LogP contribution is -2.43. The minimum absolute atomic E-state index is 0.0381. The van der Waals surface area contributed by atoms with E-state index in [9.17, 15) is 9.59 Å². The zero-order chi connectivity index (χ0) is 20.2. The molecule has 0 N–H and O–H groups in total. The van der Waals surface area contributed by atoms with E-state index in [4.69, 9.17) is 9.72 Å². The maximum absolute atomic E-state index is 13.1. The number of fused-ring (bicyclic) bond motifs is 1. The molecule has 6 heteroatoms. The van der Waals surface area contributed by atoms with E-state index in [0.717, 1.165) is 6.42 Å². The normalized spacial score (nSPS) is 13.0. The van der Waals surface area contributed by atoms with Crippen molar-refractivity contribution in [1.29, 1.82) is 0 Å². The summed E-state index contributed by atoms with van der Waals surface area (Å²) in [5.41, 5.74) is 0.0781. The molecule has 6 nitrogen and oxygen atoms in total. The summed E-state index contributed by atoms with van der Waals surface area (Å²) >= 11 is 0. The van der Waals surface area contributed by atoms with E-state index in [1.54, 1.807) is 17.7 Å². The van der Waals surface area contributed by atoms with Gasteiger partial charge in [0.15, 0.2) is 0 Å². The Morgan fingerprint density at radius 3 is 2.56 bits per heavy atom. The fraction of sp³-hybridized carbons (Fsp3) is 0.571. The van der Waals surface area contributed by atoms with Crippen LogP contribution in [0.15, 0.2) is 29.1 Å².